The third-order valence-electron chi connectivity index (χ3n) is 9.07. The van der Waals surface area contributed by atoms with Crippen LogP contribution in [0.25, 0.3) is 0 Å². The Balaban J connectivity index is 1.22. The molecule has 2 heterocycles. The molecule has 0 aromatic carbocycles. The highest BCUT2D eigenvalue weighted by Gasteiger charge is 2.55. The Morgan fingerprint density at radius 3 is 2.47 bits per heavy atom. The number of carboxylic acids is 1. The van der Waals surface area contributed by atoms with Crippen molar-refractivity contribution in [1.82, 2.24) is 10.3 Å². The maximum Gasteiger partial charge on any atom is 0.308 e. The Kier molecular flexibility index (Phi) is 5.79. The summed E-state index contributed by atoms with van der Waals surface area (Å²) in [4.78, 5) is 31.9. The van der Waals surface area contributed by atoms with Crippen molar-refractivity contribution in [3.8, 4) is 0 Å². The quantitative estimate of drug-likeness (QED) is 0.565. The van der Waals surface area contributed by atoms with Gasteiger partial charge in [-0.25, -0.2) is 4.98 Å². The minimum Gasteiger partial charge on any atom is -0.481 e. The predicted molar refractivity (Wildman–Crippen MR) is 130 cm³/mol. The summed E-state index contributed by atoms with van der Waals surface area (Å²) in [5.41, 5.74) is 0.135. The van der Waals surface area contributed by atoms with Crippen LogP contribution in [0.2, 0.25) is 0 Å². The lowest BCUT2D eigenvalue weighted by Gasteiger charge is -2.58. The molecular weight excluding hydrogens is 450 g/mol. The van der Waals surface area contributed by atoms with Crippen LogP contribution in [0.5, 0.6) is 0 Å². The summed E-state index contributed by atoms with van der Waals surface area (Å²) in [6.07, 6.45) is 10.2. The number of amides is 1. The van der Waals surface area contributed by atoms with Crippen molar-refractivity contribution in [1.29, 1.82) is 0 Å². The van der Waals surface area contributed by atoms with E-state index in [0.717, 1.165) is 55.8 Å². The highest BCUT2D eigenvalue weighted by molar-refractivity contribution is 7.99. The molecule has 0 radical (unpaired) electrons. The van der Waals surface area contributed by atoms with E-state index in [9.17, 15) is 19.8 Å². The van der Waals surface area contributed by atoms with Gasteiger partial charge in [-0.05, 0) is 81.3 Å². The number of anilines is 1. The molecule has 6 aliphatic rings. The average molecular weight is 486 g/mol. The molecule has 3 atom stereocenters. The third kappa shape index (κ3) is 4.21. The number of carbonyl (C=O) groups is 2. The molecule has 4 bridgehead atoms. The summed E-state index contributed by atoms with van der Waals surface area (Å²) in [5, 5.41) is 24.9. The molecular formula is C26H35N3O4S. The Bertz CT molecular complexity index is 965. The number of aromatic nitrogens is 1. The van der Waals surface area contributed by atoms with E-state index in [4.69, 9.17) is 4.98 Å². The molecule has 34 heavy (non-hydrogen) atoms. The second-order valence-corrected chi connectivity index (χ2v) is 12.8. The van der Waals surface area contributed by atoms with Gasteiger partial charge in [0.2, 0.25) is 0 Å². The fourth-order valence-corrected chi connectivity index (χ4v) is 8.97. The zero-order valence-corrected chi connectivity index (χ0v) is 20.4. The van der Waals surface area contributed by atoms with Crippen LogP contribution < -0.4 is 10.2 Å². The number of thioether (sulfide) groups is 1. The Labute approximate surface area is 205 Å². The first-order valence-corrected chi connectivity index (χ1v) is 13.9. The van der Waals surface area contributed by atoms with E-state index in [1.807, 2.05) is 17.0 Å². The van der Waals surface area contributed by atoms with Gasteiger partial charge >= 0.3 is 5.97 Å². The molecule has 8 heteroatoms. The number of carboxylic acid groups (broad SMARTS) is 1. The zero-order chi connectivity index (χ0) is 23.4. The van der Waals surface area contributed by atoms with Gasteiger partial charge in [0.25, 0.3) is 5.91 Å². The minimum absolute atomic E-state index is 0.0474. The van der Waals surface area contributed by atoms with Crippen molar-refractivity contribution in [3.05, 3.63) is 17.7 Å². The zero-order valence-electron chi connectivity index (χ0n) is 19.6. The van der Waals surface area contributed by atoms with Crippen LogP contribution in [-0.4, -0.2) is 57.1 Å². The van der Waals surface area contributed by atoms with Gasteiger partial charge in [-0.2, -0.15) is 0 Å². The second-order valence-electron chi connectivity index (χ2n) is 11.5. The van der Waals surface area contributed by atoms with E-state index in [1.54, 1.807) is 11.8 Å². The van der Waals surface area contributed by atoms with Crippen molar-refractivity contribution in [3.63, 3.8) is 0 Å². The number of pyridine rings is 1. The van der Waals surface area contributed by atoms with Gasteiger partial charge in [0.1, 0.15) is 10.8 Å². The van der Waals surface area contributed by atoms with Gasteiger partial charge in [-0.15, -0.1) is 11.8 Å². The number of hydrogen-bond acceptors (Lipinski definition) is 6. The van der Waals surface area contributed by atoms with Crippen molar-refractivity contribution >= 4 is 29.5 Å². The molecule has 1 aliphatic heterocycles. The first-order chi connectivity index (χ1) is 16.4. The first kappa shape index (κ1) is 22.7. The maximum absolute atomic E-state index is 13.6. The highest BCUT2D eigenvalue weighted by atomic mass is 32.2. The van der Waals surface area contributed by atoms with Crippen LogP contribution in [0.15, 0.2) is 17.2 Å². The Hall–Kier alpha value is -1.80. The van der Waals surface area contributed by atoms with E-state index < -0.39 is 11.6 Å². The molecule has 6 fully saturated rings. The average Bonchev–Trinajstić information content (AvgIpc) is 3.47. The lowest BCUT2D eigenvalue weighted by atomic mass is 9.52. The first-order valence-electron chi connectivity index (χ1n) is 13.1. The van der Waals surface area contributed by atoms with Crippen LogP contribution >= 0.6 is 11.8 Å². The van der Waals surface area contributed by atoms with E-state index in [0.29, 0.717) is 48.1 Å². The van der Waals surface area contributed by atoms with Gasteiger partial charge in [-0.1, -0.05) is 12.8 Å². The standard InChI is InChI=1S/C26H35N3O4S/c30-23(28-22-17-9-15-10-18(22)13-26(33,11-15)12-17)20-5-6-21(29-8-7-16(14-29)25(31)32)27-24(20)34-19-3-1-2-4-19/h5-6,15-19,22,33H,1-4,7-14H2,(H,28,30)(H,31,32)/t15?,16-,17?,18?,22?,26?/m1/s1. The van der Waals surface area contributed by atoms with Crippen molar-refractivity contribution < 1.29 is 19.8 Å². The van der Waals surface area contributed by atoms with Crippen molar-refractivity contribution in [2.24, 2.45) is 23.7 Å². The monoisotopic (exact) mass is 485 g/mol. The van der Waals surface area contributed by atoms with Gasteiger partial charge in [0.15, 0.2) is 0 Å². The SMILES string of the molecule is O=C(NC1C2CC3CC1CC(O)(C3)C2)c1ccc(N2CC[C@@H](C(=O)O)C2)nc1SC1CCCC1. The normalized spacial score (nSPS) is 36.9. The number of aliphatic carboxylic acids is 1. The molecule has 5 aliphatic carbocycles. The fraction of sp³-hybridized carbons (Fsp3) is 0.731. The largest absolute Gasteiger partial charge is 0.481 e. The molecule has 2 unspecified atom stereocenters. The number of carbonyl (C=O) groups excluding carboxylic acids is 1. The van der Waals surface area contributed by atoms with E-state index in [-0.39, 0.29) is 17.9 Å². The summed E-state index contributed by atoms with van der Waals surface area (Å²) in [7, 11) is 0. The number of nitrogens with zero attached hydrogens (tertiary/aromatic N) is 2. The molecule has 1 amide bonds. The van der Waals surface area contributed by atoms with Crippen LogP contribution in [-0.2, 0) is 4.79 Å². The topological polar surface area (TPSA) is 103 Å². The van der Waals surface area contributed by atoms with Crippen molar-refractivity contribution in [2.45, 2.75) is 86.1 Å². The van der Waals surface area contributed by atoms with Crippen LogP contribution in [0.3, 0.4) is 0 Å². The second kappa shape index (κ2) is 8.70. The van der Waals surface area contributed by atoms with Crippen LogP contribution in [0.4, 0.5) is 5.82 Å². The van der Waals surface area contributed by atoms with Gasteiger partial charge in [-0.3, -0.25) is 9.59 Å². The predicted octanol–water partition coefficient (Wildman–Crippen LogP) is 3.70. The minimum atomic E-state index is -0.751. The summed E-state index contributed by atoms with van der Waals surface area (Å²) in [6.45, 7) is 1.15. The smallest absolute Gasteiger partial charge is 0.308 e. The summed E-state index contributed by atoms with van der Waals surface area (Å²) in [5.74, 6) is 0.973. The van der Waals surface area contributed by atoms with E-state index in [2.05, 4.69) is 5.32 Å². The van der Waals surface area contributed by atoms with Crippen molar-refractivity contribution in [2.75, 3.05) is 18.0 Å². The summed E-state index contributed by atoms with van der Waals surface area (Å²) < 4.78 is 0. The summed E-state index contributed by atoms with van der Waals surface area (Å²) in [6, 6.07) is 3.92. The Morgan fingerprint density at radius 2 is 1.82 bits per heavy atom. The molecule has 184 valence electrons. The lowest BCUT2D eigenvalue weighted by Crippen LogP contribution is -2.61. The molecule has 5 saturated carbocycles. The van der Waals surface area contributed by atoms with Gasteiger partial charge in [0.05, 0.1) is 17.1 Å². The van der Waals surface area contributed by atoms with Crippen LogP contribution in [0, 0.1) is 23.7 Å². The number of hydrogen-bond donors (Lipinski definition) is 3. The maximum atomic E-state index is 13.6. The Morgan fingerprint density at radius 1 is 1.09 bits per heavy atom. The molecule has 1 aromatic heterocycles. The molecule has 3 N–H and O–H groups in total. The third-order valence-corrected chi connectivity index (χ3v) is 10.4. The van der Waals surface area contributed by atoms with Gasteiger partial charge in [0, 0.05) is 24.4 Å². The van der Waals surface area contributed by atoms with Crippen LogP contribution in [0.1, 0.15) is 74.6 Å². The number of aliphatic hydroxyl groups is 1. The van der Waals surface area contributed by atoms with E-state index >= 15 is 0 Å². The molecule has 1 aromatic rings. The molecule has 0 spiro atoms. The molecule has 7 rings (SSSR count). The van der Waals surface area contributed by atoms with E-state index in [1.165, 1.54) is 12.8 Å². The fourth-order valence-electron chi connectivity index (χ4n) is 7.65. The molecule has 7 nitrogen and oxygen atoms in total. The van der Waals surface area contributed by atoms with Gasteiger partial charge < -0.3 is 20.4 Å². The molecule has 1 saturated heterocycles. The number of nitrogens with one attached hydrogen (secondary N) is 1. The summed E-state index contributed by atoms with van der Waals surface area (Å²) >= 11 is 1.72. The number of rotatable bonds is 6. The highest BCUT2D eigenvalue weighted by Crippen LogP contribution is 2.55. The lowest BCUT2D eigenvalue weighted by molar-refractivity contribution is -0.141.